The maximum Gasteiger partial charge on any atom is 0.320 e. The van der Waals surface area contributed by atoms with Crippen LogP contribution in [0.1, 0.15) is 34.9 Å². The van der Waals surface area contributed by atoms with Gasteiger partial charge in [-0.3, -0.25) is 14.5 Å². The number of carbonyl (C=O) groups is 2. The van der Waals surface area contributed by atoms with Gasteiger partial charge in [-0.05, 0) is 57.3 Å². The lowest BCUT2D eigenvalue weighted by atomic mass is 10.0. The Kier molecular flexibility index (Phi) is 5.76. The molecule has 0 radical (unpaired) electrons. The van der Waals surface area contributed by atoms with E-state index in [0.29, 0.717) is 24.2 Å². The highest BCUT2D eigenvalue weighted by atomic mass is 16.5. The number of carbonyl (C=O) groups excluding carboxylic acids is 2. The van der Waals surface area contributed by atoms with E-state index in [2.05, 4.69) is 0 Å². The van der Waals surface area contributed by atoms with Crippen LogP contribution < -0.4 is 10.6 Å². The minimum Gasteiger partial charge on any atom is -0.456 e. The lowest BCUT2D eigenvalue weighted by molar-refractivity contribution is -0.150. The van der Waals surface area contributed by atoms with E-state index in [4.69, 9.17) is 10.5 Å². The second kappa shape index (κ2) is 8.22. The first-order valence-corrected chi connectivity index (χ1v) is 9.06. The average molecular weight is 367 g/mol. The Morgan fingerprint density at radius 1 is 1.15 bits per heavy atom. The molecular formula is C21H25N3O3. The molecule has 1 aliphatic rings. The largest absolute Gasteiger partial charge is 0.456 e. The second-order valence-corrected chi connectivity index (χ2v) is 7.00. The van der Waals surface area contributed by atoms with E-state index in [1.807, 2.05) is 38.4 Å². The lowest BCUT2D eigenvalue weighted by Crippen LogP contribution is -2.31. The molecule has 2 N–H and O–H groups in total. The van der Waals surface area contributed by atoms with Gasteiger partial charge < -0.3 is 15.4 Å². The average Bonchev–Trinajstić information content (AvgIpc) is 2.81. The zero-order valence-electron chi connectivity index (χ0n) is 15.7. The molecule has 1 unspecified atom stereocenters. The number of para-hydroxylation sites is 1. The SMILES string of the molecule is CN(C)CC(=O)OC1CCCN(C(=O)c2ccc(N)cc2)c2ccccc21. The summed E-state index contributed by atoms with van der Waals surface area (Å²) in [7, 11) is 3.66. The molecule has 142 valence electrons. The molecule has 1 amide bonds. The Morgan fingerprint density at radius 2 is 1.85 bits per heavy atom. The monoisotopic (exact) mass is 367 g/mol. The van der Waals surface area contributed by atoms with Gasteiger partial charge in [0.2, 0.25) is 0 Å². The Hall–Kier alpha value is -2.86. The van der Waals surface area contributed by atoms with Crippen molar-refractivity contribution in [3.8, 4) is 0 Å². The van der Waals surface area contributed by atoms with Crippen molar-refractivity contribution >= 4 is 23.3 Å². The standard InChI is InChI=1S/C21H25N3O3/c1-23(2)14-20(25)27-19-8-5-13-24(18-7-4-3-6-17(18)19)21(26)15-9-11-16(22)12-10-15/h3-4,6-7,9-12,19H,5,8,13-14,22H2,1-2H3. The molecule has 27 heavy (non-hydrogen) atoms. The summed E-state index contributed by atoms with van der Waals surface area (Å²) in [4.78, 5) is 28.8. The van der Waals surface area contributed by atoms with Gasteiger partial charge in [0.25, 0.3) is 5.91 Å². The number of hydrogen-bond donors (Lipinski definition) is 1. The van der Waals surface area contributed by atoms with Crippen molar-refractivity contribution in [3.63, 3.8) is 0 Å². The molecule has 0 saturated heterocycles. The summed E-state index contributed by atoms with van der Waals surface area (Å²) in [6, 6.07) is 14.6. The van der Waals surface area contributed by atoms with Crippen LogP contribution in [-0.4, -0.2) is 44.0 Å². The van der Waals surface area contributed by atoms with E-state index >= 15 is 0 Å². The molecule has 1 heterocycles. The quantitative estimate of drug-likeness (QED) is 0.664. The van der Waals surface area contributed by atoms with Crippen molar-refractivity contribution in [2.45, 2.75) is 18.9 Å². The van der Waals surface area contributed by atoms with Gasteiger partial charge in [-0.25, -0.2) is 0 Å². The number of likely N-dealkylation sites (N-methyl/N-ethyl adjacent to an activating group) is 1. The van der Waals surface area contributed by atoms with Gasteiger partial charge in [0.05, 0.1) is 12.2 Å². The molecule has 0 spiro atoms. The van der Waals surface area contributed by atoms with Crippen molar-refractivity contribution in [1.29, 1.82) is 0 Å². The Morgan fingerprint density at radius 3 is 2.56 bits per heavy atom. The first-order chi connectivity index (χ1) is 13.0. The number of amides is 1. The molecule has 2 aromatic rings. The van der Waals surface area contributed by atoms with Gasteiger partial charge in [0, 0.05) is 23.4 Å². The molecule has 0 bridgehead atoms. The van der Waals surface area contributed by atoms with E-state index in [9.17, 15) is 9.59 Å². The molecular weight excluding hydrogens is 342 g/mol. The maximum atomic E-state index is 13.1. The van der Waals surface area contributed by atoms with Crippen molar-refractivity contribution < 1.29 is 14.3 Å². The van der Waals surface area contributed by atoms with Crippen LogP contribution in [0.5, 0.6) is 0 Å². The van der Waals surface area contributed by atoms with Crippen LogP contribution in [0.3, 0.4) is 0 Å². The van der Waals surface area contributed by atoms with E-state index in [-0.39, 0.29) is 24.5 Å². The molecule has 2 aromatic carbocycles. The first kappa shape index (κ1) is 18.9. The van der Waals surface area contributed by atoms with Gasteiger partial charge in [-0.1, -0.05) is 18.2 Å². The van der Waals surface area contributed by atoms with Gasteiger partial charge >= 0.3 is 5.97 Å². The molecule has 6 nitrogen and oxygen atoms in total. The van der Waals surface area contributed by atoms with E-state index < -0.39 is 0 Å². The third kappa shape index (κ3) is 4.46. The molecule has 6 heteroatoms. The summed E-state index contributed by atoms with van der Waals surface area (Å²) in [6.07, 6.45) is 1.08. The lowest BCUT2D eigenvalue weighted by Gasteiger charge is -2.24. The molecule has 0 saturated carbocycles. The summed E-state index contributed by atoms with van der Waals surface area (Å²) < 4.78 is 5.72. The Bertz CT molecular complexity index is 818. The van der Waals surface area contributed by atoms with E-state index in [0.717, 1.165) is 17.7 Å². The number of anilines is 2. The summed E-state index contributed by atoms with van der Waals surface area (Å²) in [6.45, 7) is 0.800. The van der Waals surface area contributed by atoms with Gasteiger partial charge in [0.1, 0.15) is 6.10 Å². The van der Waals surface area contributed by atoms with Crippen LogP contribution in [0.4, 0.5) is 11.4 Å². The fraction of sp³-hybridized carbons (Fsp3) is 0.333. The third-order valence-corrected chi connectivity index (χ3v) is 4.54. The zero-order valence-corrected chi connectivity index (χ0v) is 15.7. The highest BCUT2D eigenvalue weighted by molar-refractivity contribution is 6.06. The molecule has 0 aliphatic carbocycles. The van der Waals surface area contributed by atoms with Crippen LogP contribution in [0.15, 0.2) is 48.5 Å². The second-order valence-electron chi connectivity index (χ2n) is 7.00. The molecule has 1 atom stereocenters. The number of rotatable bonds is 4. The third-order valence-electron chi connectivity index (χ3n) is 4.54. The Labute approximate surface area is 159 Å². The minimum atomic E-state index is -0.349. The molecule has 1 aliphatic heterocycles. The highest BCUT2D eigenvalue weighted by Gasteiger charge is 2.29. The van der Waals surface area contributed by atoms with Crippen LogP contribution in [0, 0.1) is 0 Å². The summed E-state index contributed by atoms with van der Waals surface area (Å²) in [5.41, 5.74) is 8.59. The molecule has 3 rings (SSSR count). The van der Waals surface area contributed by atoms with Crippen LogP contribution in [0.2, 0.25) is 0 Å². The minimum absolute atomic E-state index is 0.0808. The van der Waals surface area contributed by atoms with E-state index in [1.54, 1.807) is 34.1 Å². The molecule has 0 aromatic heterocycles. The van der Waals surface area contributed by atoms with Crippen molar-refractivity contribution in [3.05, 3.63) is 59.7 Å². The smallest absolute Gasteiger partial charge is 0.320 e. The number of benzene rings is 2. The number of nitrogens with zero attached hydrogens (tertiary/aromatic N) is 2. The van der Waals surface area contributed by atoms with Gasteiger partial charge in [-0.15, -0.1) is 0 Å². The van der Waals surface area contributed by atoms with Crippen LogP contribution >= 0.6 is 0 Å². The fourth-order valence-electron chi connectivity index (χ4n) is 3.29. The predicted molar refractivity (Wildman–Crippen MR) is 106 cm³/mol. The number of fused-ring (bicyclic) bond motifs is 1. The van der Waals surface area contributed by atoms with Gasteiger partial charge in [-0.2, -0.15) is 0 Å². The summed E-state index contributed by atoms with van der Waals surface area (Å²) in [5, 5.41) is 0. The number of esters is 1. The van der Waals surface area contributed by atoms with Crippen molar-refractivity contribution in [2.24, 2.45) is 0 Å². The van der Waals surface area contributed by atoms with Crippen molar-refractivity contribution in [1.82, 2.24) is 4.90 Å². The molecule has 0 fully saturated rings. The van der Waals surface area contributed by atoms with Gasteiger partial charge in [0.15, 0.2) is 0 Å². The maximum absolute atomic E-state index is 13.1. The highest BCUT2D eigenvalue weighted by Crippen LogP contribution is 2.36. The van der Waals surface area contributed by atoms with Crippen LogP contribution in [-0.2, 0) is 9.53 Å². The normalized spacial score (nSPS) is 16.6. The number of nitrogens with two attached hydrogens (primary N) is 1. The number of hydrogen-bond acceptors (Lipinski definition) is 5. The van der Waals surface area contributed by atoms with Crippen molar-refractivity contribution in [2.75, 3.05) is 37.8 Å². The first-order valence-electron chi connectivity index (χ1n) is 9.06. The van der Waals surface area contributed by atoms with Crippen LogP contribution in [0.25, 0.3) is 0 Å². The number of nitrogen functional groups attached to an aromatic ring is 1. The topological polar surface area (TPSA) is 75.9 Å². The number of ether oxygens (including phenoxy) is 1. The Balaban J connectivity index is 1.88. The fourth-order valence-corrected chi connectivity index (χ4v) is 3.29. The summed E-state index contributed by atoms with van der Waals surface area (Å²) in [5.74, 6) is -0.346. The summed E-state index contributed by atoms with van der Waals surface area (Å²) >= 11 is 0. The zero-order chi connectivity index (χ0) is 19.4. The predicted octanol–water partition coefficient (Wildman–Crippen LogP) is 2.86. The van der Waals surface area contributed by atoms with E-state index in [1.165, 1.54) is 0 Å².